The number of hydrogen-bond donors (Lipinski definition) is 0. The fourth-order valence-electron chi connectivity index (χ4n) is 1.80. The number of aryl methyl sites for hydroxylation is 1. The Morgan fingerprint density at radius 3 is 2.71 bits per heavy atom. The van der Waals surface area contributed by atoms with Crippen molar-refractivity contribution in [3.63, 3.8) is 0 Å². The molecule has 88 valence electrons. The average molecular weight is 252 g/mol. The number of aromatic nitrogens is 1. The molecule has 0 saturated heterocycles. The Bertz CT molecular complexity index is 615. The number of hydrogen-bond acceptors (Lipinski definition) is 3. The number of esters is 1. The molecule has 4 nitrogen and oxygen atoms in total. The summed E-state index contributed by atoms with van der Waals surface area (Å²) in [5, 5.41) is 1.18. The van der Waals surface area contributed by atoms with Crippen molar-refractivity contribution in [2.45, 2.75) is 0 Å². The van der Waals surface area contributed by atoms with Crippen LogP contribution in [0.3, 0.4) is 0 Å². The molecule has 2 aromatic rings. The Kier molecular flexibility index (Phi) is 2.90. The second-order valence-electron chi connectivity index (χ2n) is 3.61. The van der Waals surface area contributed by atoms with Gasteiger partial charge in [0, 0.05) is 18.6 Å². The van der Waals surface area contributed by atoms with Gasteiger partial charge in [-0.3, -0.25) is 4.79 Å². The first kappa shape index (κ1) is 11.7. The molecule has 0 radical (unpaired) electrons. The summed E-state index contributed by atoms with van der Waals surface area (Å²) in [6.07, 6.45) is 1.58. The van der Waals surface area contributed by atoms with Crippen molar-refractivity contribution >= 4 is 34.3 Å². The van der Waals surface area contributed by atoms with E-state index in [-0.39, 0.29) is 0 Å². The van der Waals surface area contributed by atoms with E-state index in [2.05, 4.69) is 4.74 Å². The molecule has 0 spiro atoms. The van der Waals surface area contributed by atoms with E-state index in [1.165, 1.54) is 7.11 Å². The van der Waals surface area contributed by atoms with E-state index in [0.29, 0.717) is 16.0 Å². The molecule has 1 heterocycles. The summed E-state index contributed by atoms with van der Waals surface area (Å²) in [6.45, 7) is 0. The predicted octanol–water partition coefficient (Wildman–Crippen LogP) is 2.19. The highest BCUT2D eigenvalue weighted by Gasteiger charge is 2.22. The molecule has 5 heteroatoms. The van der Waals surface area contributed by atoms with Crippen LogP contribution in [0.25, 0.3) is 10.9 Å². The van der Waals surface area contributed by atoms with Gasteiger partial charge in [-0.2, -0.15) is 0 Å². The van der Waals surface area contributed by atoms with Gasteiger partial charge in [-0.15, -0.1) is 0 Å². The Hall–Kier alpha value is -1.81. The molecule has 0 bridgehead atoms. The molecule has 0 aliphatic heterocycles. The zero-order valence-electron chi connectivity index (χ0n) is 9.36. The Morgan fingerprint density at radius 1 is 1.35 bits per heavy atom. The van der Waals surface area contributed by atoms with Gasteiger partial charge in [0.05, 0.1) is 23.2 Å². The van der Waals surface area contributed by atoms with Gasteiger partial charge in [0.2, 0.25) is 0 Å². The molecule has 0 atom stereocenters. The number of halogens is 1. The highest BCUT2D eigenvalue weighted by molar-refractivity contribution is 6.44. The lowest BCUT2D eigenvalue weighted by Crippen LogP contribution is -2.15. The fraction of sp³-hybridized carbons (Fsp3) is 0.167. The Morgan fingerprint density at radius 2 is 2.06 bits per heavy atom. The largest absolute Gasteiger partial charge is 0.463 e. The monoisotopic (exact) mass is 251 g/mol. The van der Waals surface area contributed by atoms with E-state index in [1.54, 1.807) is 36.0 Å². The normalized spacial score (nSPS) is 10.5. The van der Waals surface area contributed by atoms with Gasteiger partial charge in [-0.1, -0.05) is 23.7 Å². The number of carbonyl (C=O) groups is 2. The predicted molar refractivity (Wildman–Crippen MR) is 64.3 cm³/mol. The summed E-state index contributed by atoms with van der Waals surface area (Å²) in [6, 6.07) is 5.21. The van der Waals surface area contributed by atoms with Gasteiger partial charge in [0.25, 0.3) is 5.78 Å². The second kappa shape index (κ2) is 4.22. The van der Waals surface area contributed by atoms with Gasteiger partial charge in [-0.25, -0.2) is 4.79 Å². The fourth-order valence-corrected chi connectivity index (χ4v) is 2.11. The van der Waals surface area contributed by atoms with E-state index in [9.17, 15) is 9.59 Å². The first-order valence-electron chi connectivity index (χ1n) is 4.92. The van der Waals surface area contributed by atoms with E-state index in [0.717, 1.165) is 5.52 Å². The number of nitrogens with zero attached hydrogens (tertiary/aromatic N) is 1. The van der Waals surface area contributed by atoms with Crippen LogP contribution < -0.4 is 0 Å². The summed E-state index contributed by atoms with van der Waals surface area (Å²) in [7, 11) is 2.95. The number of benzene rings is 1. The molecule has 0 N–H and O–H groups in total. The average Bonchev–Trinajstić information content (AvgIpc) is 2.66. The number of ketones is 1. The molecule has 1 aromatic carbocycles. The van der Waals surface area contributed by atoms with Crippen LogP contribution >= 0.6 is 11.6 Å². The van der Waals surface area contributed by atoms with Gasteiger partial charge in [0.15, 0.2) is 0 Å². The summed E-state index contributed by atoms with van der Waals surface area (Å²) < 4.78 is 6.14. The first-order chi connectivity index (χ1) is 8.06. The third-order valence-electron chi connectivity index (χ3n) is 2.57. The SMILES string of the molecule is COC(=O)C(=O)c1cn(C)c2c(Cl)cccc12. The Balaban J connectivity index is 2.68. The van der Waals surface area contributed by atoms with E-state index in [4.69, 9.17) is 11.6 Å². The van der Waals surface area contributed by atoms with Crippen molar-refractivity contribution in [1.29, 1.82) is 0 Å². The van der Waals surface area contributed by atoms with Crippen molar-refractivity contribution in [3.8, 4) is 0 Å². The molecule has 0 amide bonds. The molecule has 0 aliphatic rings. The zero-order valence-corrected chi connectivity index (χ0v) is 10.1. The van der Waals surface area contributed by atoms with Crippen molar-refractivity contribution in [3.05, 3.63) is 35.0 Å². The minimum atomic E-state index is -0.877. The van der Waals surface area contributed by atoms with E-state index in [1.807, 2.05) is 0 Å². The van der Waals surface area contributed by atoms with E-state index >= 15 is 0 Å². The number of methoxy groups -OCH3 is 1. The third kappa shape index (κ3) is 1.80. The van der Waals surface area contributed by atoms with Gasteiger partial charge in [-0.05, 0) is 6.07 Å². The highest BCUT2D eigenvalue weighted by Crippen LogP contribution is 2.27. The topological polar surface area (TPSA) is 48.3 Å². The van der Waals surface area contributed by atoms with Crippen LogP contribution in [0.15, 0.2) is 24.4 Å². The minimum absolute atomic E-state index is 0.303. The van der Waals surface area contributed by atoms with Gasteiger partial charge >= 0.3 is 5.97 Å². The summed E-state index contributed by atoms with van der Waals surface area (Å²) in [5.74, 6) is -1.54. The van der Waals surface area contributed by atoms with Crippen LogP contribution in [0.5, 0.6) is 0 Å². The third-order valence-corrected chi connectivity index (χ3v) is 2.87. The van der Waals surface area contributed by atoms with Crippen LogP contribution in [-0.2, 0) is 16.6 Å². The molecule has 2 rings (SSSR count). The van der Waals surface area contributed by atoms with E-state index < -0.39 is 11.8 Å². The first-order valence-corrected chi connectivity index (χ1v) is 5.30. The van der Waals surface area contributed by atoms with Crippen molar-refractivity contribution in [2.24, 2.45) is 7.05 Å². The highest BCUT2D eigenvalue weighted by atomic mass is 35.5. The number of ether oxygens (including phenoxy) is 1. The van der Waals surface area contributed by atoms with Crippen molar-refractivity contribution in [2.75, 3.05) is 7.11 Å². The lowest BCUT2D eigenvalue weighted by molar-refractivity contribution is -0.135. The summed E-state index contributed by atoms with van der Waals surface area (Å²) in [5.41, 5.74) is 1.03. The van der Waals surface area contributed by atoms with Crippen LogP contribution in [0.1, 0.15) is 10.4 Å². The molecular weight excluding hydrogens is 242 g/mol. The molecule has 0 saturated carbocycles. The maximum atomic E-state index is 11.8. The number of para-hydroxylation sites is 1. The number of carbonyl (C=O) groups excluding carboxylic acids is 2. The maximum absolute atomic E-state index is 11.8. The quantitative estimate of drug-likeness (QED) is 0.467. The standard InChI is InChI=1S/C12H10ClNO3/c1-14-6-8(11(15)12(16)17-2)7-4-3-5-9(13)10(7)14/h3-6H,1-2H3. The molecule has 1 aromatic heterocycles. The molecular formula is C12H10ClNO3. The number of fused-ring (bicyclic) bond motifs is 1. The van der Waals surface area contributed by atoms with Gasteiger partial charge in [0.1, 0.15) is 0 Å². The minimum Gasteiger partial charge on any atom is -0.463 e. The lowest BCUT2D eigenvalue weighted by Gasteiger charge is -1.98. The smallest absolute Gasteiger partial charge is 0.379 e. The molecule has 0 fully saturated rings. The molecule has 0 aliphatic carbocycles. The van der Waals surface area contributed by atoms with Crippen LogP contribution in [0.2, 0.25) is 5.02 Å². The van der Waals surface area contributed by atoms with Crippen molar-refractivity contribution in [1.82, 2.24) is 4.57 Å². The molecule has 0 unspecified atom stereocenters. The number of Topliss-reactive ketones (excluding diaryl/α,β-unsaturated/α-hetero) is 1. The maximum Gasteiger partial charge on any atom is 0.379 e. The zero-order chi connectivity index (χ0) is 12.6. The Labute approximate surface area is 103 Å². The van der Waals surface area contributed by atoms with Crippen LogP contribution in [-0.4, -0.2) is 23.4 Å². The second-order valence-corrected chi connectivity index (χ2v) is 4.02. The lowest BCUT2D eigenvalue weighted by atomic mass is 10.1. The van der Waals surface area contributed by atoms with Crippen LogP contribution in [0, 0.1) is 0 Å². The van der Waals surface area contributed by atoms with Crippen LogP contribution in [0.4, 0.5) is 0 Å². The van der Waals surface area contributed by atoms with Crippen molar-refractivity contribution < 1.29 is 14.3 Å². The summed E-state index contributed by atoms with van der Waals surface area (Å²) in [4.78, 5) is 23.0. The number of rotatable bonds is 2. The van der Waals surface area contributed by atoms with Gasteiger partial charge < -0.3 is 9.30 Å². The molecule has 17 heavy (non-hydrogen) atoms. The summed E-state index contributed by atoms with van der Waals surface area (Å²) >= 11 is 6.05.